The smallest absolute Gasteiger partial charge is 0.444 e. The molecule has 1 amide bonds. The number of pyridine rings is 1. The lowest BCUT2D eigenvalue weighted by atomic mass is 10.0. The third-order valence-corrected chi connectivity index (χ3v) is 4.32. The van der Waals surface area contributed by atoms with E-state index in [9.17, 15) is 26.4 Å². The summed E-state index contributed by atoms with van der Waals surface area (Å²) in [5.74, 6) is -0.945. The number of amides is 1. The normalized spacial score (nSPS) is 14.9. The third-order valence-electron chi connectivity index (χ3n) is 3.38. The second-order valence-electron chi connectivity index (χ2n) is 6.69. The average Bonchev–Trinajstić information content (AvgIpc) is 2.50. The van der Waals surface area contributed by atoms with Gasteiger partial charge in [0.05, 0.1) is 12.2 Å². The lowest BCUT2D eigenvalue weighted by Crippen LogP contribution is -2.40. The zero-order valence-electron chi connectivity index (χ0n) is 14.6. The molecule has 12 heteroatoms. The van der Waals surface area contributed by atoms with Crippen LogP contribution in [0.2, 0.25) is 0 Å². The van der Waals surface area contributed by atoms with Gasteiger partial charge >= 0.3 is 21.7 Å². The molecular formula is C15H16F3N3O5S. The van der Waals surface area contributed by atoms with Crippen molar-refractivity contribution in [3.05, 3.63) is 22.9 Å². The summed E-state index contributed by atoms with van der Waals surface area (Å²) >= 11 is 0. The van der Waals surface area contributed by atoms with E-state index in [0.29, 0.717) is 5.56 Å². The maximum absolute atomic E-state index is 12.5. The number of halogens is 3. The van der Waals surface area contributed by atoms with Crippen LogP contribution in [0.15, 0.2) is 6.07 Å². The van der Waals surface area contributed by atoms with Crippen molar-refractivity contribution in [2.24, 2.45) is 0 Å². The van der Waals surface area contributed by atoms with E-state index in [1.165, 1.54) is 4.90 Å². The van der Waals surface area contributed by atoms with Gasteiger partial charge in [-0.2, -0.15) is 26.9 Å². The summed E-state index contributed by atoms with van der Waals surface area (Å²) in [4.78, 5) is 17.2. The molecule has 0 atom stereocenters. The second-order valence-corrected chi connectivity index (χ2v) is 8.23. The third kappa shape index (κ3) is 4.79. The molecule has 0 aliphatic carbocycles. The summed E-state index contributed by atoms with van der Waals surface area (Å²) in [5, 5.41) is 9.10. The topological polar surface area (TPSA) is 110 Å². The molecule has 2 rings (SSSR count). The van der Waals surface area contributed by atoms with Gasteiger partial charge in [-0.15, -0.1) is 0 Å². The van der Waals surface area contributed by atoms with E-state index in [0.717, 1.165) is 6.07 Å². The number of aromatic nitrogens is 1. The summed E-state index contributed by atoms with van der Waals surface area (Å²) in [6.45, 7) is 5.26. The van der Waals surface area contributed by atoms with Crippen LogP contribution in [0.25, 0.3) is 0 Å². The Balaban J connectivity index is 2.30. The van der Waals surface area contributed by atoms with E-state index in [-0.39, 0.29) is 25.2 Å². The predicted molar refractivity (Wildman–Crippen MR) is 84.9 cm³/mol. The molecule has 1 aliphatic heterocycles. The van der Waals surface area contributed by atoms with Crippen molar-refractivity contribution < 1.29 is 35.3 Å². The van der Waals surface area contributed by atoms with Gasteiger partial charge in [0.1, 0.15) is 17.2 Å². The summed E-state index contributed by atoms with van der Waals surface area (Å²) in [5.41, 5.74) is -6.23. The largest absolute Gasteiger partial charge is 0.534 e. The Hall–Kier alpha value is -2.55. The molecule has 0 saturated carbocycles. The lowest BCUT2D eigenvalue weighted by molar-refractivity contribution is -0.0501. The van der Waals surface area contributed by atoms with Crippen LogP contribution in [-0.2, 0) is 27.8 Å². The van der Waals surface area contributed by atoms with Crippen molar-refractivity contribution in [2.45, 2.75) is 44.8 Å². The van der Waals surface area contributed by atoms with Crippen LogP contribution in [0.1, 0.15) is 37.6 Å². The number of alkyl halides is 3. The molecule has 1 aliphatic rings. The molecule has 0 fully saturated rings. The SMILES string of the molecule is CC(C)(C)OC(=O)N1CCc2nc(OS(=O)(=O)C(F)(F)F)c(C#N)cc2C1. The van der Waals surface area contributed by atoms with E-state index in [1.54, 1.807) is 26.8 Å². The average molecular weight is 407 g/mol. The zero-order valence-corrected chi connectivity index (χ0v) is 15.4. The first-order valence-corrected chi connectivity index (χ1v) is 9.06. The number of rotatable bonds is 2. The van der Waals surface area contributed by atoms with E-state index >= 15 is 0 Å². The Bertz CT molecular complexity index is 901. The first kappa shape index (κ1) is 20.8. The summed E-state index contributed by atoms with van der Waals surface area (Å²) in [6, 6.07) is 2.70. The van der Waals surface area contributed by atoms with Crippen molar-refractivity contribution in [3.8, 4) is 11.9 Å². The van der Waals surface area contributed by atoms with Gasteiger partial charge in [0.25, 0.3) is 5.88 Å². The Morgan fingerprint density at radius 2 is 1.96 bits per heavy atom. The fraction of sp³-hybridized carbons (Fsp3) is 0.533. The Kier molecular flexibility index (Phi) is 5.29. The van der Waals surface area contributed by atoms with Gasteiger partial charge < -0.3 is 13.8 Å². The van der Waals surface area contributed by atoms with Crippen molar-refractivity contribution in [3.63, 3.8) is 0 Å². The predicted octanol–water partition coefficient (Wildman–Crippen LogP) is 2.47. The van der Waals surface area contributed by atoms with Gasteiger partial charge in [-0.25, -0.2) is 9.78 Å². The van der Waals surface area contributed by atoms with Crippen LogP contribution in [0.4, 0.5) is 18.0 Å². The minimum atomic E-state index is -5.95. The molecule has 27 heavy (non-hydrogen) atoms. The zero-order chi connectivity index (χ0) is 20.6. The van der Waals surface area contributed by atoms with Crippen LogP contribution in [0, 0.1) is 11.3 Å². The van der Waals surface area contributed by atoms with Crippen molar-refractivity contribution >= 4 is 16.2 Å². The molecular weight excluding hydrogens is 391 g/mol. The van der Waals surface area contributed by atoms with Gasteiger partial charge in [0.15, 0.2) is 0 Å². The molecule has 0 spiro atoms. The summed E-state index contributed by atoms with van der Waals surface area (Å²) in [7, 11) is -5.95. The monoisotopic (exact) mass is 407 g/mol. The van der Waals surface area contributed by atoms with Crippen molar-refractivity contribution in [1.29, 1.82) is 5.26 Å². The molecule has 2 heterocycles. The maximum Gasteiger partial charge on any atom is 0.534 e. The van der Waals surface area contributed by atoms with Gasteiger partial charge in [-0.05, 0) is 32.4 Å². The number of nitriles is 1. The highest BCUT2D eigenvalue weighted by Crippen LogP contribution is 2.30. The number of hydrogen-bond acceptors (Lipinski definition) is 7. The van der Waals surface area contributed by atoms with Gasteiger partial charge in [0, 0.05) is 13.0 Å². The molecule has 148 valence electrons. The Morgan fingerprint density at radius 3 is 2.48 bits per heavy atom. The molecule has 0 unspecified atom stereocenters. The number of fused-ring (bicyclic) bond motifs is 1. The van der Waals surface area contributed by atoms with Crippen LogP contribution in [-0.4, -0.2) is 42.0 Å². The number of nitrogens with zero attached hydrogens (tertiary/aromatic N) is 3. The Morgan fingerprint density at radius 1 is 1.33 bits per heavy atom. The van der Waals surface area contributed by atoms with Crippen molar-refractivity contribution in [2.75, 3.05) is 6.54 Å². The fourth-order valence-corrected chi connectivity index (χ4v) is 2.66. The lowest BCUT2D eigenvalue weighted by Gasteiger charge is -2.31. The highest BCUT2D eigenvalue weighted by Gasteiger charge is 2.49. The number of ether oxygens (including phenoxy) is 1. The van der Waals surface area contributed by atoms with E-state index in [2.05, 4.69) is 9.17 Å². The fourth-order valence-electron chi connectivity index (χ4n) is 2.23. The Labute approximate surface area is 153 Å². The molecule has 0 aromatic carbocycles. The van der Waals surface area contributed by atoms with Crippen LogP contribution < -0.4 is 4.18 Å². The number of carbonyl (C=O) groups excluding carboxylic acids is 1. The molecule has 0 N–H and O–H groups in total. The van der Waals surface area contributed by atoms with Crippen molar-refractivity contribution in [1.82, 2.24) is 9.88 Å². The molecule has 8 nitrogen and oxygen atoms in total. The van der Waals surface area contributed by atoms with E-state index in [1.807, 2.05) is 0 Å². The quantitative estimate of drug-likeness (QED) is 0.547. The van der Waals surface area contributed by atoms with Crippen LogP contribution >= 0.6 is 0 Å². The first-order chi connectivity index (χ1) is 12.2. The summed E-state index contributed by atoms with van der Waals surface area (Å²) < 4.78 is 69.0. The standard InChI is InChI=1S/C15H16F3N3O5S/c1-14(2,3)25-13(22)21-5-4-11-10(8-21)6-9(7-19)12(20-11)26-27(23,24)15(16,17)18/h6H,4-5,8H2,1-3H3. The molecule has 0 bridgehead atoms. The van der Waals surface area contributed by atoms with Crippen LogP contribution in [0.5, 0.6) is 5.88 Å². The van der Waals surface area contributed by atoms with Gasteiger partial charge in [0.2, 0.25) is 0 Å². The van der Waals surface area contributed by atoms with Crippen LogP contribution in [0.3, 0.4) is 0 Å². The van der Waals surface area contributed by atoms with Gasteiger partial charge in [-0.1, -0.05) is 0 Å². The second kappa shape index (κ2) is 6.88. The van der Waals surface area contributed by atoms with E-state index in [4.69, 9.17) is 10.00 Å². The molecule has 1 aromatic heterocycles. The molecule has 0 saturated heterocycles. The number of carbonyl (C=O) groups is 1. The molecule has 1 aromatic rings. The summed E-state index contributed by atoms with van der Waals surface area (Å²) in [6.07, 6.45) is -0.463. The minimum absolute atomic E-state index is 0.0121. The maximum atomic E-state index is 12.5. The first-order valence-electron chi connectivity index (χ1n) is 7.65. The number of hydrogen-bond donors (Lipinski definition) is 0. The highest BCUT2D eigenvalue weighted by molar-refractivity contribution is 7.87. The highest BCUT2D eigenvalue weighted by atomic mass is 32.2. The molecule has 0 radical (unpaired) electrons. The van der Waals surface area contributed by atoms with E-state index < -0.39 is 38.8 Å². The van der Waals surface area contributed by atoms with Gasteiger partial charge in [-0.3, -0.25) is 0 Å². The minimum Gasteiger partial charge on any atom is -0.444 e.